The largest absolute Gasteiger partial charge is 0.409 e. The van der Waals surface area contributed by atoms with Gasteiger partial charge in [-0.25, -0.2) is 0 Å². The van der Waals surface area contributed by atoms with Gasteiger partial charge in [0, 0.05) is 6.54 Å². The summed E-state index contributed by atoms with van der Waals surface area (Å²) in [7, 11) is 1.96. The van der Waals surface area contributed by atoms with Gasteiger partial charge in [0.1, 0.15) is 0 Å². The van der Waals surface area contributed by atoms with E-state index >= 15 is 0 Å². The van der Waals surface area contributed by atoms with Crippen LogP contribution >= 0.6 is 0 Å². The van der Waals surface area contributed by atoms with Crippen LogP contribution in [0.1, 0.15) is 20.3 Å². The molecule has 4 nitrogen and oxygen atoms in total. The third-order valence-electron chi connectivity index (χ3n) is 1.88. The summed E-state index contributed by atoms with van der Waals surface area (Å²) in [4.78, 5) is 2.04. The summed E-state index contributed by atoms with van der Waals surface area (Å²) in [5, 5.41) is 11.2. The fraction of sp³-hybridized carbons (Fsp3) is 0.875. The third-order valence-corrected chi connectivity index (χ3v) is 1.88. The highest BCUT2D eigenvalue weighted by atomic mass is 16.4. The van der Waals surface area contributed by atoms with Gasteiger partial charge in [-0.1, -0.05) is 25.4 Å². The number of likely N-dealkylation sites (N-methyl/N-ethyl adjacent to an activating group) is 1. The number of hydrogen-bond donors (Lipinski definition) is 2. The molecular weight excluding hydrogens is 154 g/mol. The minimum atomic E-state index is 0.265. The molecule has 72 valence electrons. The van der Waals surface area contributed by atoms with Crippen LogP contribution in [-0.2, 0) is 0 Å². The zero-order valence-corrected chi connectivity index (χ0v) is 8.12. The van der Waals surface area contributed by atoms with E-state index in [1.165, 1.54) is 0 Å². The molecule has 0 aromatic rings. The highest BCUT2D eigenvalue weighted by Crippen LogP contribution is 2.01. The van der Waals surface area contributed by atoms with Crippen LogP contribution in [0.15, 0.2) is 5.16 Å². The van der Waals surface area contributed by atoms with Crippen LogP contribution in [-0.4, -0.2) is 36.1 Å². The van der Waals surface area contributed by atoms with Gasteiger partial charge >= 0.3 is 0 Å². The van der Waals surface area contributed by atoms with Gasteiger partial charge in [0.15, 0.2) is 5.84 Å². The number of hydrogen-bond acceptors (Lipinski definition) is 3. The minimum absolute atomic E-state index is 0.265. The first kappa shape index (κ1) is 11.2. The Bertz CT molecular complexity index is 147. The first-order chi connectivity index (χ1) is 5.60. The van der Waals surface area contributed by atoms with E-state index in [1.54, 1.807) is 0 Å². The predicted octanol–water partition coefficient (Wildman–Crippen LogP) is 0.711. The molecule has 12 heavy (non-hydrogen) atoms. The molecule has 0 aromatic heterocycles. The highest BCUT2D eigenvalue weighted by Gasteiger charge is 2.05. The van der Waals surface area contributed by atoms with Gasteiger partial charge in [0.2, 0.25) is 0 Å². The number of rotatable bonds is 5. The molecule has 0 saturated heterocycles. The van der Waals surface area contributed by atoms with Gasteiger partial charge in [0.05, 0.1) is 6.54 Å². The molecule has 0 fully saturated rings. The lowest BCUT2D eigenvalue weighted by Gasteiger charge is -2.19. The SMILES string of the molecule is CCC(C)CN(C)C/C(N)=N/O. The summed E-state index contributed by atoms with van der Waals surface area (Å²) in [5.74, 6) is 0.919. The van der Waals surface area contributed by atoms with Crippen molar-refractivity contribution in [3.05, 3.63) is 0 Å². The summed E-state index contributed by atoms with van der Waals surface area (Å²) in [5.41, 5.74) is 5.35. The molecule has 0 rings (SSSR count). The Kier molecular flexibility index (Phi) is 5.45. The molecule has 3 N–H and O–H groups in total. The van der Waals surface area contributed by atoms with Crippen LogP contribution < -0.4 is 5.73 Å². The molecule has 1 unspecified atom stereocenters. The second kappa shape index (κ2) is 5.83. The second-order valence-electron chi connectivity index (χ2n) is 3.30. The summed E-state index contributed by atoms with van der Waals surface area (Å²) in [6.45, 7) is 5.85. The molecule has 0 aliphatic carbocycles. The summed E-state index contributed by atoms with van der Waals surface area (Å²) in [6, 6.07) is 0. The normalized spacial score (nSPS) is 15.2. The van der Waals surface area contributed by atoms with Crippen LogP contribution in [0, 0.1) is 5.92 Å². The maximum Gasteiger partial charge on any atom is 0.153 e. The summed E-state index contributed by atoms with van der Waals surface area (Å²) >= 11 is 0. The lowest BCUT2D eigenvalue weighted by atomic mass is 10.1. The molecule has 4 heteroatoms. The molecule has 0 spiro atoms. The van der Waals surface area contributed by atoms with Crippen molar-refractivity contribution in [1.29, 1.82) is 0 Å². The van der Waals surface area contributed by atoms with E-state index in [0.29, 0.717) is 12.5 Å². The van der Waals surface area contributed by atoms with Gasteiger partial charge in [-0.15, -0.1) is 0 Å². The molecule has 0 aliphatic rings. The van der Waals surface area contributed by atoms with E-state index in [2.05, 4.69) is 19.0 Å². The topological polar surface area (TPSA) is 61.8 Å². The molecular formula is C8H19N3O. The number of oxime groups is 1. The van der Waals surface area contributed by atoms with Crippen LogP contribution in [0.3, 0.4) is 0 Å². The second-order valence-corrected chi connectivity index (χ2v) is 3.30. The number of amidine groups is 1. The van der Waals surface area contributed by atoms with Crippen LogP contribution in [0.5, 0.6) is 0 Å². The van der Waals surface area contributed by atoms with Gasteiger partial charge in [-0.05, 0) is 13.0 Å². The Hall–Kier alpha value is -0.770. The number of nitrogens with two attached hydrogens (primary N) is 1. The van der Waals surface area contributed by atoms with Gasteiger partial charge in [-0.3, -0.25) is 4.90 Å². The Morgan fingerprint density at radius 3 is 2.67 bits per heavy atom. The Morgan fingerprint density at radius 2 is 2.25 bits per heavy atom. The van der Waals surface area contributed by atoms with Crippen molar-refractivity contribution >= 4 is 5.84 Å². The monoisotopic (exact) mass is 173 g/mol. The van der Waals surface area contributed by atoms with Crippen molar-refractivity contribution in [1.82, 2.24) is 4.90 Å². The molecule has 0 heterocycles. The average Bonchev–Trinajstić information content (AvgIpc) is 2.03. The van der Waals surface area contributed by atoms with Crippen molar-refractivity contribution in [2.24, 2.45) is 16.8 Å². The van der Waals surface area contributed by atoms with Crippen LogP contribution in [0.25, 0.3) is 0 Å². The lowest BCUT2D eigenvalue weighted by Crippen LogP contribution is -2.33. The van der Waals surface area contributed by atoms with E-state index < -0.39 is 0 Å². The molecule has 0 amide bonds. The van der Waals surface area contributed by atoms with Crippen molar-refractivity contribution in [2.45, 2.75) is 20.3 Å². The first-order valence-corrected chi connectivity index (χ1v) is 4.25. The third kappa shape index (κ3) is 4.96. The lowest BCUT2D eigenvalue weighted by molar-refractivity contribution is 0.294. The van der Waals surface area contributed by atoms with Crippen LogP contribution in [0.2, 0.25) is 0 Å². The Labute approximate surface area is 74.0 Å². The molecule has 0 radical (unpaired) electrons. The predicted molar refractivity (Wildman–Crippen MR) is 50.4 cm³/mol. The smallest absolute Gasteiger partial charge is 0.153 e. The first-order valence-electron chi connectivity index (χ1n) is 4.25. The van der Waals surface area contributed by atoms with Gasteiger partial charge in [-0.2, -0.15) is 0 Å². The fourth-order valence-electron chi connectivity index (χ4n) is 1.03. The molecule has 0 saturated carbocycles. The zero-order chi connectivity index (χ0) is 9.56. The zero-order valence-electron chi connectivity index (χ0n) is 8.12. The Morgan fingerprint density at radius 1 is 1.67 bits per heavy atom. The maximum absolute atomic E-state index is 8.31. The standard InChI is InChI=1S/C8H19N3O/c1-4-7(2)5-11(3)6-8(9)10-12/h7,12H,4-6H2,1-3H3,(H2,9,10). The van der Waals surface area contributed by atoms with Gasteiger partial charge < -0.3 is 10.9 Å². The van der Waals surface area contributed by atoms with E-state index in [1.807, 2.05) is 11.9 Å². The van der Waals surface area contributed by atoms with E-state index in [-0.39, 0.29) is 5.84 Å². The highest BCUT2D eigenvalue weighted by molar-refractivity contribution is 5.81. The van der Waals surface area contributed by atoms with Crippen molar-refractivity contribution in [3.8, 4) is 0 Å². The molecule has 0 aliphatic heterocycles. The minimum Gasteiger partial charge on any atom is -0.409 e. The van der Waals surface area contributed by atoms with E-state index in [4.69, 9.17) is 10.9 Å². The van der Waals surface area contributed by atoms with Crippen molar-refractivity contribution < 1.29 is 5.21 Å². The van der Waals surface area contributed by atoms with Crippen LogP contribution in [0.4, 0.5) is 0 Å². The average molecular weight is 173 g/mol. The fourth-order valence-corrected chi connectivity index (χ4v) is 1.03. The van der Waals surface area contributed by atoms with Crippen molar-refractivity contribution in [3.63, 3.8) is 0 Å². The summed E-state index contributed by atoms with van der Waals surface area (Å²) in [6.07, 6.45) is 1.15. The van der Waals surface area contributed by atoms with E-state index in [9.17, 15) is 0 Å². The van der Waals surface area contributed by atoms with Crippen molar-refractivity contribution in [2.75, 3.05) is 20.1 Å². The summed E-state index contributed by atoms with van der Waals surface area (Å²) < 4.78 is 0. The molecule has 0 bridgehead atoms. The van der Waals surface area contributed by atoms with Gasteiger partial charge in [0.25, 0.3) is 0 Å². The Balaban J connectivity index is 3.66. The molecule has 0 aromatic carbocycles. The maximum atomic E-state index is 8.31. The molecule has 1 atom stereocenters. The number of nitrogens with zero attached hydrogens (tertiary/aromatic N) is 2. The quantitative estimate of drug-likeness (QED) is 0.278. The van der Waals surface area contributed by atoms with E-state index in [0.717, 1.165) is 13.0 Å².